The van der Waals surface area contributed by atoms with Crippen molar-refractivity contribution in [1.29, 1.82) is 0 Å². The van der Waals surface area contributed by atoms with Crippen molar-refractivity contribution < 1.29 is 28.3 Å². The van der Waals surface area contributed by atoms with Gasteiger partial charge in [-0.05, 0) is 39.4 Å². The number of nitrogens with zero attached hydrogens (tertiary/aromatic N) is 1. The normalized spacial score (nSPS) is 27.0. The summed E-state index contributed by atoms with van der Waals surface area (Å²) < 4.78 is 10.8. The largest absolute Gasteiger partial charge is 0.454 e. The number of carbonyl (C=O) groups excluding carboxylic acids is 4. The Kier molecular flexibility index (Phi) is 7.04. The van der Waals surface area contributed by atoms with Gasteiger partial charge in [-0.2, -0.15) is 0 Å². The molecule has 9 heteroatoms. The zero-order chi connectivity index (χ0) is 20.4. The Morgan fingerprint density at radius 2 is 2.04 bits per heavy atom. The highest BCUT2D eigenvalue weighted by atomic mass is 32.2. The van der Waals surface area contributed by atoms with Crippen LogP contribution in [0.4, 0.5) is 0 Å². The van der Waals surface area contributed by atoms with Gasteiger partial charge in [0.1, 0.15) is 6.61 Å². The third-order valence-electron chi connectivity index (χ3n) is 4.58. The number of imide groups is 1. The van der Waals surface area contributed by atoms with Gasteiger partial charge in [-0.25, -0.2) is 4.79 Å². The molecule has 0 spiro atoms. The first kappa shape index (κ1) is 21.8. The van der Waals surface area contributed by atoms with E-state index in [2.05, 4.69) is 6.58 Å². The van der Waals surface area contributed by atoms with E-state index in [4.69, 9.17) is 9.16 Å². The van der Waals surface area contributed by atoms with Crippen molar-refractivity contribution in [2.24, 2.45) is 11.8 Å². The lowest BCUT2D eigenvalue weighted by Crippen LogP contribution is -2.71. The predicted octanol–water partition coefficient (Wildman–Crippen LogP) is 1.98. The Morgan fingerprint density at radius 1 is 1.37 bits per heavy atom. The molecule has 27 heavy (non-hydrogen) atoms. The van der Waals surface area contributed by atoms with Crippen LogP contribution in [0.15, 0.2) is 12.7 Å². The van der Waals surface area contributed by atoms with Gasteiger partial charge in [-0.15, -0.1) is 0 Å². The molecule has 0 saturated carbocycles. The molecule has 2 aliphatic rings. The Balaban J connectivity index is 2.26. The molecule has 7 nitrogen and oxygen atoms in total. The number of β-lactam (4-membered cyclic amide) rings is 1. The number of thioether (sulfide) groups is 1. The highest BCUT2D eigenvalue weighted by molar-refractivity contribution is 8.13. The van der Waals surface area contributed by atoms with Crippen molar-refractivity contribution in [2.45, 2.75) is 51.6 Å². The fourth-order valence-corrected chi connectivity index (χ4v) is 5.86. The fourth-order valence-electron chi connectivity index (χ4n) is 3.61. The molecule has 0 aromatic carbocycles. The Labute approximate surface area is 165 Å². The van der Waals surface area contributed by atoms with E-state index in [1.165, 1.54) is 17.8 Å². The van der Waals surface area contributed by atoms with Gasteiger partial charge in [-0.3, -0.25) is 19.3 Å². The molecule has 2 amide bonds. The van der Waals surface area contributed by atoms with Crippen LogP contribution in [0, 0.1) is 11.8 Å². The first-order valence-corrected chi connectivity index (χ1v) is 13.5. The van der Waals surface area contributed by atoms with Gasteiger partial charge in [0.15, 0.2) is 13.4 Å². The van der Waals surface area contributed by atoms with Gasteiger partial charge in [0.05, 0.1) is 24.0 Å². The Morgan fingerprint density at radius 3 is 2.59 bits per heavy atom. The number of hydrogen-bond acceptors (Lipinski definition) is 7. The maximum Gasteiger partial charge on any atom is 0.397 e. The third kappa shape index (κ3) is 4.88. The van der Waals surface area contributed by atoms with Crippen molar-refractivity contribution in [2.75, 3.05) is 12.4 Å². The highest BCUT2D eigenvalue weighted by Crippen LogP contribution is 2.42. The Hall–Kier alpha value is -1.45. The molecule has 0 aromatic heterocycles. The molecular weight excluding hydrogens is 386 g/mol. The molecule has 0 bridgehead atoms. The van der Waals surface area contributed by atoms with Crippen LogP contribution in [0.2, 0.25) is 19.6 Å². The van der Waals surface area contributed by atoms with Gasteiger partial charge in [-0.1, -0.05) is 24.4 Å². The maximum absolute atomic E-state index is 12.8. The minimum atomic E-state index is -1.93. The molecule has 0 aromatic rings. The second-order valence-electron chi connectivity index (χ2n) is 7.77. The van der Waals surface area contributed by atoms with Gasteiger partial charge in [0, 0.05) is 5.75 Å². The molecule has 2 fully saturated rings. The zero-order valence-corrected chi connectivity index (χ0v) is 18.0. The summed E-state index contributed by atoms with van der Waals surface area (Å²) in [7, 11) is -1.93. The minimum absolute atomic E-state index is 0.0405. The smallest absolute Gasteiger partial charge is 0.397 e. The lowest BCUT2D eigenvalue weighted by Gasteiger charge is -2.51. The second kappa shape index (κ2) is 8.70. The number of carbonyl (C=O) groups is 4. The first-order valence-electron chi connectivity index (χ1n) is 9.08. The fraction of sp³-hybridized carbons (Fsp3) is 0.667. The van der Waals surface area contributed by atoms with E-state index in [1.54, 1.807) is 6.92 Å². The standard InChI is InChI=1S/C18H27NO6SSi/c1-6-9-24-17(22)16(21)19-14(12-8-7-10-26-18(12)23)13(15(19)20)11(2)25-27(3,4)5/h6,11-14H,1,7-10H2,2-5H3/t11-,12+,13-,14-/m1/s1. The topological polar surface area (TPSA) is 90.0 Å². The summed E-state index contributed by atoms with van der Waals surface area (Å²) in [6, 6.07) is -0.659. The summed E-state index contributed by atoms with van der Waals surface area (Å²) in [5, 5.41) is -0.0405. The minimum Gasteiger partial charge on any atom is -0.454 e. The van der Waals surface area contributed by atoms with Gasteiger partial charge in [0.2, 0.25) is 5.91 Å². The lowest BCUT2D eigenvalue weighted by molar-refractivity contribution is -0.182. The Bertz CT molecular complexity index is 646. The number of esters is 1. The second-order valence-corrected chi connectivity index (χ2v) is 13.3. The SMILES string of the molecule is C=CCOC(=O)C(=O)N1C(=O)[C@H]([C@@H](C)O[Si](C)(C)C)[C@H]1[C@@H]1CCCSC1=O. The zero-order valence-electron chi connectivity index (χ0n) is 16.2. The maximum atomic E-state index is 12.8. The van der Waals surface area contributed by atoms with E-state index in [9.17, 15) is 19.2 Å². The number of ether oxygens (including phenoxy) is 1. The van der Waals surface area contributed by atoms with Gasteiger partial charge >= 0.3 is 11.9 Å². The predicted molar refractivity (Wildman–Crippen MR) is 104 cm³/mol. The molecule has 4 atom stereocenters. The average molecular weight is 414 g/mol. The number of rotatable bonds is 6. The average Bonchev–Trinajstić information content (AvgIpc) is 2.56. The molecule has 150 valence electrons. The van der Waals surface area contributed by atoms with E-state index in [-0.39, 0.29) is 11.7 Å². The molecule has 2 saturated heterocycles. The van der Waals surface area contributed by atoms with Crippen LogP contribution in [0.5, 0.6) is 0 Å². The molecule has 0 radical (unpaired) electrons. The van der Waals surface area contributed by atoms with Gasteiger partial charge < -0.3 is 9.16 Å². The summed E-state index contributed by atoms with van der Waals surface area (Å²) >= 11 is 1.22. The highest BCUT2D eigenvalue weighted by Gasteiger charge is 2.59. The van der Waals surface area contributed by atoms with Crippen LogP contribution in [0.25, 0.3) is 0 Å². The van der Waals surface area contributed by atoms with E-state index in [0.717, 1.165) is 17.1 Å². The molecule has 0 aliphatic carbocycles. The summed E-state index contributed by atoms with van der Waals surface area (Å²) in [5.41, 5.74) is 0. The van der Waals surface area contributed by atoms with Crippen LogP contribution in [-0.4, -0.2) is 60.6 Å². The van der Waals surface area contributed by atoms with Crippen molar-refractivity contribution >= 4 is 43.0 Å². The van der Waals surface area contributed by atoms with Crippen molar-refractivity contribution in [3.05, 3.63) is 12.7 Å². The van der Waals surface area contributed by atoms with Gasteiger partial charge in [0.25, 0.3) is 0 Å². The van der Waals surface area contributed by atoms with Crippen molar-refractivity contribution in [3.63, 3.8) is 0 Å². The van der Waals surface area contributed by atoms with Crippen LogP contribution in [0.3, 0.4) is 0 Å². The summed E-state index contributed by atoms with van der Waals surface area (Å²) in [4.78, 5) is 50.6. The molecule has 0 N–H and O–H groups in total. The third-order valence-corrected chi connectivity index (χ3v) is 6.74. The van der Waals surface area contributed by atoms with Crippen LogP contribution in [-0.2, 0) is 28.3 Å². The summed E-state index contributed by atoms with van der Waals surface area (Å²) in [6.45, 7) is 11.1. The van der Waals surface area contributed by atoms with E-state index in [1.807, 2.05) is 19.6 Å². The van der Waals surface area contributed by atoms with Crippen molar-refractivity contribution in [3.8, 4) is 0 Å². The molecular formula is C18H27NO6SSi. The number of amides is 2. The summed E-state index contributed by atoms with van der Waals surface area (Å²) in [5.74, 6) is -2.96. The van der Waals surface area contributed by atoms with E-state index >= 15 is 0 Å². The summed E-state index contributed by atoms with van der Waals surface area (Å²) in [6.07, 6.45) is 2.33. The van der Waals surface area contributed by atoms with E-state index < -0.39 is 50.1 Å². The molecule has 2 heterocycles. The van der Waals surface area contributed by atoms with Crippen LogP contribution in [0.1, 0.15) is 19.8 Å². The molecule has 2 aliphatic heterocycles. The van der Waals surface area contributed by atoms with Crippen LogP contribution >= 0.6 is 11.8 Å². The first-order chi connectivity index (χ1) is 12.6. The van der Waals surface area contributed by atoms with Crippen molar-refractivity contribution in [1.82, 2.24) is 4.90 Å². The molecule has 2 rings (SSSR count). The monoisotopic (exact) mass is 413 g/mol. The number of hydrogen-bond donors (Lipinski definition) is 0. The molecule has 0 unspecified atom stereocenters. The van der Waals surface area contributed by atoms with Crippen LogP contribution < -0.4 is 0 Å². The van der Waals surface area contributed by atoms with E-state index in [0.29, 0.717) is 6.42 Å². The quantitative estimate of drug-likeness (QED) is 0.216. The lowest BCUT2D eigenvalue weighted by atomic mass is 9.74. The number of likely N-dealkylation sites (tertiary alicyclic amines) is 1.